The second-order valence-corrected chi connectivity index (χ2v) is 8.66. The van der Waals surface area contributed by atoms with Gasteiger partial charge < -0.3 is 4.90 Å². The number of carbonyl (C=O) groups is 1. The fraction of sp³-hybridized carbons (Fsp3) is 0.222. The van der Waals surface area contributed by atoms with Crippen molar-refractivity contribution in [2.75, 3.05) is 26.2 Å². The van der Waals surface area contributed by atoms with Crippen LogP contribution in [0, 0.1) is 11.3 Å². The van der Waals surface area contributed by atoms with Gasteiger partial charge in [-0.2, -0.15) is 9.57 Å². The van der Waals surface area contributed by atoms with Crippen LogP contribution in [0.2, 0.25) is 10.0 Å². The van der Waals surface area contributed by atoms with E-state index in [0.29, 0.717) is 16.1 Å². The number of carbonyl (C=O) groups excluding carboxylic acids is 1. The highest BCUT2D eigenvalue weighted by molar-refractivity contribution is 7.89. The van der Waals surface area contributed by atoms with Gasteiger partial charge in [-0.05, 0) is 36.4 Å². The van der Waals surface area contributed by atoms with Crippen molar-refractivity contribution in [3.05, 3.63) is 63.6 Å². The minimum absolute atomic E-state index is 0.124. The van der Waals surface area contributed by atoms with Crippen molar-refractivity contribution in [3.8, 4) is 6.07 Å². The molecule has 140 valence electrons. The summed E-state index contributed by atoms with van der Waals surface area (Å²) in [4.78, 5) is 14.3. The predicted octanol–water partition coefficient (Wildman–Crippen LogP) is 3.01. The van der Waals surface area contributed by atoms with Crippen molar-refractivity contribution in [1.82, 2.24) is 9.21 Å². The molecule has 3 rings (SSSR count). The number of sulfonamides is 1. The first-order valence-electron chi connectivity index (χ1n) is 8.08. The van der Waals surface area contributed by atoms with E-state index in [0.717, 1.165) is 0 Å². The normalized spacial score (nSPS) is 15.4. The van der Waals surface area contributed by atoms with Crippen LogP contribution in [0.1, 0.15) is 15.9 Å². The van der Waals surface area contributed by atoms with E-state index in [4.69, 9.17) is 28.5 Å². The Kier molecular flexibility index (Phi) is 5.72. The molecule has 2 aromatic carbocycles. The molecule has 0 radical (unpaired) electrons. The molecule has 1 fully saturated rings. The van der Waals surface area contributed by atoms with Crippen molar-refractivity contribution in [2.24, 2.45) is 0 Å². The Morgan fingerprint density at radius 2 is 1.63 bits per heavy atom. The topological polar surface area (TPSA) is 81.5 Å². The van der Waals surface area contributed by atoms with E-state index in [9.17, 15) is 13.2 Å². The maximum Gasteiger partial charge on any atom is 0.255 e. The number of hydrogen-bond donors (Lipinski definition) is 0. The van der Waals surface area contributed by atoms with Gasteiger partial charge >= 0.3 is 0 Å². The monoisotopic (exact) mass is 423 g/mol. The van der Waals surface area contributed by atoms with E-state index >= 15 is 0 Å². The third kappa shape index (κ3) is 3.94. The highest BCUT2D eigenvalue weighted by Gasteiger charge is 2.31. The zero-order valence-electron chi connectivity index (χ0n) is 14.1. The van der Waals surface area contributed by atoms with E-state index in [1.165, 1.54) is 28.6 Å². The summed E-state index contributed by atoms with van der Waals surface area (Å²) in [7, 11) is -3.68. The number of piperazine rings is 1. The third-order valence-electron chi connectivity index (χ3n) is 4.33. The van der Waals surface area contributed by atoms with Crippen LogP contribution in [0.5, 0.6) is 0 Å². The lowest BCUT2D eigenvalue weighted by atomic mass is 10.2. The smallest absolute Gasteiger partial charge is 0.255 e. The number of rotatable bonds is 3. The molecule has 6 nitrogen and oxygen atoms in total. The molecule has 0 unspecified atom stereocenters. The minimum Gasteiger partial charge on any atom is -0.336 e. The Bertz CT molecular complexity index is 1010. The number of nitrogens with zero attached hydrogens (tertiary/aromatic N) is 3. The van der Waals surface area contributed by atoms with E-state index < -0.39 is 10.0 Å². The number of halogens is 2. The van der Waals surface area contributed by atoms with Crippen molar-refractivity contribution < 1.29 is 13.2 Å². The minimum atomic E-state index is -3.68. The molecular formula is C18H15Cl2N3O3S. The van der Waals surface area contributed by atoms with E-state index in [-0.39, 0.29) is 42.0 Å². The van der Waals surface area contributed by atoms with Crippen LogP contribution in [0.15, 0.2) is 47.4 Å². The van der Waals surface area contributed by atoms with Crippen LogP contribution < -0.4 is 0 Å². The van der Waals surface area contributed by atoms with E-state index in [1.807, 2.05) is 6.07 Å². The molecule has 0 saturated carbocycles. The Morgan fingerprint density at radius 1 is 1.00 bits per heavy atom. The summed E-state index contributed by atoms with van der Waals surface area (Å²) in [6, 6.07) is 12.6. The van der Waals surface area contributed by atoms with Crippen LogP contribution in [0.4, 0.5) is 0 Å². The third-order valence-corrected chi connectivity index (χ3v) is 7.06. The van der Waals surface area contributed by atoms with Crippen LogP contribution >= 0.6 is 23.2 Å². The first-order chi connectivity index (χ1) is 12.8. The van der Waals surface area contributed by atoms with Crippen LogP contribution in [-0.2, 0) is 10.0 Å². The summed E-state index contributed by atoms with van der Waals surface area (Å²) >= 11 is 12.1. The molecule has 0 aromatic heterocycles. The second kappa shape index (κ2) is 7.87. The highest BCUT2D eigenvalue weighted by atomic mass is 35.5. The van der Waals surface area contributed by atoms with E-state index in [2.05, 4.69) is 0 Å². The molecule has 0 atom stereocenters. The van der Waals surface area contributed by atoms with Gasteiger partial charge in [-0.15, -0.1) is 0 Å². The number of benzene rings is 2. The molecule has 0 bridgehead atoms. The Hall–Kier alpha value is -2.11. The fourth-order valence-corrected chi connectivity index (χ4v) is 4.62. The largest absolute Gasteiger partial charge is 0.336 e. The first-order valence-corrected chi connectivity index (χ1v) is 10.3. The van der Waals surface area contributed by atoms with Gasteiger partial charge in [-0.25, -0.2) is 8.42 Å². The standard InChI is InChI=1S/C18H15Cl2N3O3S/c19-16-3-1-2-15(17(16)20)18(24)22-8-10-23(11-9-22)27(25,26)14-6-4-13(12-21)5-7-14/h1-7H,8-11H2. The average molecular weight is 424 g/mol. The molecule has 27 heavy (non-hydrogen) atoms. The quantitative estimate of drug-likeness (QED) is 0.759. The lowest BCUT2D eigenvalue weighted by Crippen LogP contribution is -2.50. The van der Waals surface area contributed by atoms with Gasteiger partial charge in [0.25, 0.3) is 5.91 Å². The summed E-state index contributed by atoms with van der Waals surface area (Å²) in [6.07, 6.45) is 0. The van der Waals surface area contributed by atoms with Gasteiger partial charge in [0.2, 0.25) is 10.0 Å². The molecule has 1 aliphatic heterocycles. The molecule has 0 spiro atoms. The summed E-state index contributed by atoms with van der Waals surface area (Å²) in [6.45, 7) is 0.840. The average Bonchev–Trinajstić information content (AvgIpc) is 2.69. The van der Waals surface area contributed by atoms with Gasteiger partial charge in [0.1, 0.15) is 0 Å². The van der Waals surface area contributed by atoms with Crippen LogP contribution in [-0.4, -0.2) is 49.7 Å². The summed E-state index contributed by atoms with van der Waals surface area (Å²) in [5.74, 6) is -0.280. The van der Waals surface area contributed by atoms with Crippen LogP contribution in [0.25, 0.3) is 0 Å². The Labute approximate surface area is 167 Å². The lowest BCUT2D eigenvalue weighted by molar-refractivity contribution is 0.0698. The molecule has 1 saturated heterocycles. The molecule has 0 N–H and O–H groups in total. The van der Waals surface area contributed by atoms with Crippen molar-refractivity contribution in [3.63, 3.8) is 0 Å². The second-order valence-electron chi connectivity index (χ2n) is 5.93. The maximum absolute atomic E-state index is 12.7. The van der Waals surface area contributed by atoms with Gasteiger partial charge in [-0.1, -0.05) is 29.3 Å². The van der Waals surface area contributed by atoms with Gasteiger partial charge in [0.15, 0.2) is 0 Å². The maximum atomic E-state index is 12.7. The molecule has 1 amide bonds. The predicted molar refractivity (Wildman–Crippen MR) is 102 cm³/mol. The summed E-state index contributed by atoms with van der Waals surface area (Å²) < 4.78 is 26.8. The van der Waals surface area contributed by atoms with Gasteiger partial charge in [0.05, 0.1) is 32.1 Å². The SMILES string of the molecule is N#Cc1ccc(S(=O)(=O)N2CCN(C(=O)c3cccc(Cl)c3Cl)CC2)cc1. The number of amides is 1. The van der Waals surface area contributed by atoms with Gasteiger partial charge in [-0.3, -0.25) is 4.79 Å². The van der Waals surface area contributed by atoms with Crippen molar-refractivity contribution >= 4 is 39.1 Å². The van der Waals surface area contributed by atoms with Gasteiger partial charge in [0, 0.05) is 26.2 Å². The number of nitriles is 1. The molecular weight excluding hydrogens is 409 g/mol. The lowest BCUT2D eigenvalue weighted by Gasteiger charge is -2.34. The van der Waals surface area contributed by atoms with Crippen molar-refractivity contribution in [1.29, 1.82) is 5.26 Å². The fourth-order valence-electron chi connectivity index (χ4n) is 2.82. The molecule has 1 heterocycles. The van der Waals surface area contributed by atoms with Crippen molar-refractivity contribution in [2.45, 2.75) is 4.90 Å². The summed E-state index contributed by atoms with van der Waals surface area (Å²) in [5.41, 5.74) is 0.690. The molecule has 9 heteroatoms. The highest BCUT2D eigenvalue weighted by Crippen LogP contribution is 2.27. The zero-order valence-corrected chi connectivity index (χ0v) is 16.4. The van der Waals surface area contributed by atoms with E-state index in [1.54, 1.807) is 23.1 Å². The molecule has 1 aliphatic rings. The first kappa shape index (κ1) is 19.6. The Morgan fingerprint density at radius 3 is 2.22 bits per heavy atom. The molecule has 0 aliphatic carbocycles. The van der Waals surface area contributed by atoms with Crippen LogP contribution in [0.3, 0.4) is 0 Å². The summed E-state index contributed by atoms with van der Waals surface area (Å²) in [5, 5.41) is 9.31. The number of hydrogen-bond acceptors (Lipinski definition) is 4. The zero-order chi connectivity index (χ0) is 19.6. The molecule has 2 aromatic rings. The Balaban J connectivity index is 1.72.